The van der Waals surface area contributed by atoms with Gasteiger partial charge in [0, 0.05) is 33.7 Å². The molecule has 2 aromatic heterocycles. The van der Waals surface area contributed by atoms with Crippen LogP contribution in [0.1, 0.15) is 38.1 Å². The first kappa shape index (κ1) is 31.1. The molecule has 1 fully saturated rings. The zero-order valence-electron chi connectivity index (χ0n) is 26.8. The van der Waals surface area contributed by atoms with Crippen molar-refractivity contribution in [2.24, 2.45) is 0 Å². The highest BCUT2D eigenvalue weighted by atomic mass is 19.2. The normalized spacial score (nSPS) is 22.0. The summed E-state index contributed by atoms with van der Waals surface area (Å²) in [6.45, 7) is -1.34. The van der Waals surface area contributed by atoms with Gasteiger partial charge in [0.1, 0.15) is 12.8 Å². The fraction of sp³-hybridized carbons (Fsp3) is 0.179. The van der Waals surface area contributed by atoms with Gasteiger partial charge in [0.15, 0.2) is 35.6 Å². The second-order valence-electron chi connectivity index (χ2n) is 13.2. The highest BCUT2D eigenvalue weighted by Crippen LogP contribution is 2.57. The van der Waals surface area contributed by atoms with E-state index in [1.807, 2.05) is 36.4 Å². The lowest BCUT2D eigenvalue weighted by molar-refractivity contribution is -0.205. The van der Waals surface area contributed by atoms with Gasteiger partial charge in [-0.25, -0.2) is 22.0 Å². The zero-order valence-corrected chi connectivity index (χ0v) is 26.8. The fourth-order valence-electron chi connectivity index (χ4n) is 8.42. The molecule has 1 saturated heterocycles. The van der Waals surface area contributed by atoms with Gasteiger partial charge in [-0.15, -0.1) is 0 Å². The highest BCUT2D eigenvalue weighted by molar-refractivity contribution is 6.39. The van der Waals surface area contributed by atoms with Gasteiger partial charge in [-0.05, 0) is 23.3 Å². The lowest BCUT2D eigenvalue weighted by Crippen LogP contribution is -2.53. The van der Waals surface area contributed by atoms with Gasteiger partial charge in [0.2, 0.25) is 5.72 Å². The van der Waals surface area contributed by atoms with Crippen LogP contribution in [-0.2, 0) is 33.1 Å². The van der Waals surface area contributed by atoms with Gasteiger partial charge in [0.05, 0.1) is 46.4 Å². The van der Waals surface area contributed by atoms with E-state index in [1.54, 1.807) is 24.3 Å². The number of halogens is 5. The molecule has 2 unspecified atom stereocenters. The molecular weight excluding hydrogens is 685 g/mol. The molecule has 260 valence electrons. The van der Waals surface area contributed by atoms with Crippen LogP contribution in [0.15, 0.2) is 84.9 Å². The van der Waals surface area contributed by atoms with Gasteiger partial charge in [0.25, 0.3) is 11.8 Å². The number of amides is 2. The predicted molar refractivity (Wildman–Crippen MR) is 178 cm³/mol. The van der Waals surface area contributed by atoms with Gasteiger partial charge >= 0.3 is 0 Å². The number of rotatable bonds is 7. The molecule has 3 aliphatic heterocycles. The average molecular weight is 710 g/mol. The Morgan fingerprint density at radius 1 is 0.712 bits per heavy atom. The lowest BCUT2D eigenvalue weighted by atomic mass is 9.96. The maximum absolute atomic E-state index is 15.7. The van der Waals surface area contributed by atoms with Crippen LogP contribution in [-0.4, -0.2) is 39.8 Å². The van der Waals surface area contributed by atoms with Crippen LogP contribution in [0.2, 0.25) is 0 Å². The van der Waals surface area contributed by atoms with Gasteiger partial charge < -0.3 is 23.3 Å². The number of hydrogen-bond acceptors (Lipinski definition) is 5. The molecule has 0 radical (unpaired) electrons. The Labute approximate surface area is 289 Å². The molecule has 8 nitrogen and oxygen atoms in total. The topological polar surface area (TPSA) is 83.7 Å². The summed E-state index contributed by atoms with van der Waals surface area (Å²) in [5.74, 6) is -6.59. The molecule has 2 amide bonds. The maximum atomic E-state index is 15.7. The summed E-state index contributed by atoms with van der Waals surface area (Å²) in [7, 11) is 0. The second-order valence-corrected chi connectivity index (χ2v) is 13.2. The number of carbonyl (C=O) groups excluding carboxylic acids is 2. The van der Waals surface area contributed by atoms with E-state index in [9.17, 15) is 9.59 Å². The number of aromatic nitrogens is 2. The molecule has 2 bridgehead atoms. The minimum atomic E-state index is -2.00. The Morgan fingerprint density at radius 2 is 1.25 bits per heavy atom. The maximum Gasteiger partial charge on any atom is 0.259 e. The summed E-state index contributed by atoms with van der Waals surface area (Å²) in [5, 5.41) is 2.46. The number of alkyl halides is 1. The van der Waals surface area contributed by atoms with E-state index in [0.717, 1.165) is 29.8 Å². The van der Waals surface area contributed by atoms with E-state index in [4.69, 9.17) is 14.2 Å². The van der Waals surface area contributed by atoms with Crippen molar-refractivity contribution in [2.45, 2.75) is 37.4 Å². The van der Waals surface area contributed by atoms with Gasteiger partial charge in [-0.3, -0.25) is 14.9 Å². The Kier molecular flexibility index (Phi) is 6.55. The molecule has 5 aromatic carbocycles. The van der Waals surface area contributed by atoms with E-state index >= 15 is 22.0 Å². The van der Waals surface area contributed by atoms with E-state index in [-0.39, 0.29) is 68.0 Å². The third-order valence-electron chi connectivity index (χ3n) is 10.5. The van der Waals surface area contributed by atoms with Gasteiger partial charge in [-0.1, -0.05) is 60.7 Å². The minimum absolute atomic E-state index is 0.0125. The Hall–Kier alpha value is -5.63. The molecule has 0 spiro atoms. The summed E-state index contributed by atoms with van der Waals surface area (Å²) in [6, 6.07) is 21.7. The van der Waals surface area contributed by atoms with E-state index in [0.29, 0.717) is 5.56 Å². The smallest absolute Gasteiger partial charge is 0.259 e. The SMILES string of the molecule is O=C1NC(=O)c2c1c1c3cc(F)c(F)cc3n3c1c1c2c2cc(F)c(F)cc2n1[C@@]1(OCc2ccccc2)C(CF)O[C@@H]3C1OCc1ccccc1. The Bertz CT molecular complexity index is 2700. The molecule has 5 heterocycles. The molecule has 3 aliphatic rings. The van der Waals surface area contributed by atoms with Crippen molar-refractivity contribution >= 4 is 55.4 Å². The van der Waals surface area contributed by atoms with Crippen molar-refractivity contribution < 1.29 is 45.8 Å². The van der Waals surface area contributed by atoms with Crippen molar-refractivity contribution in [3.63, 3.8) is 0 Å². The van der Waals surface area contributed by atoms with Crippen LogP contribution in [0.5, 0.6) is 0 Å². The van der Waals surface area contributed by atoms with Crippen molar-refractivity contribution in [1.29, 1.82) is 0 Å². The van der Waals surface area contributed by atoms with Crippen LogP contribution in [0.4, 0.5) is 22.0 Å². The second kappa shape index (κ2) is 10.9. The molecule has 0 aliphatic carbocycles. The third-order valence-corrected chi connectivity index (χ3v) is 10.5. The molecule has 4 atom stereocenters. The highest BCUT2D eigenvalue weighted by Gasteiger charge is 2.64. The van der Waals surface area contributed by atoms with E-state index in [2.05, 4.69) is 5.32 Å². The van der Waals surface area contributed by atoms with Crippen LogP contribution < -0.4 is 5.32 Å². The molecule has 10 rings (SSSR count). The Balaban J connectivity index is 1.42. The molecule has 0 saturated carbocycles. The molecule has 13 heteroatoms. The predicted octanol–water partition coefficient (Wildman–Crippen LogP) is 7.68. The molecular formula is C39H24F5N3O5. The quantitative estimate of drug-likeness (QED) is 0.136. The van der Waals surface area contributed by atoms with Crippen LogP contribution in [0.3, 0.4) is 0 Å². The van der Waals surface area contributed by atoms with Crippen LogP contribution >= 0.6 is 0 Å². The van der Waals surface area contributed by atoms with Gasteiger partial charge in [-0.2, -0.15) is 0 Å². The Morgan fingerprint density at radius 3 is 1.87 bits per heavy atom. The van der Waals surface area contributed by atoms with Crippen molar-refractivity contribution in [1.82, 2.24) is 14.5 Å². The summed E-state index contributed by atoms with van der Waals surface area (Å²) in [4.78, 5) is 27.3. The van der Waals surface area contributed by atoms with E-state index in [1.165, 1.54) is 9.13 Å². The molecule has 7 aromatic rings. The third kappa shape index (κ3) is 3.95. The number of carbonyl (C=O) groups is 2. The minimum Gasteiger partial charge on any atom is -0.364 e. The standard InChI is InChI=1S/C39H24F5N3O5/c40-15-28-39(51-17-19-9-5-2-6-10-19)35(50-16-18-7-3-1-4-8-18)38(52-28)46-26-13-24(43)22(41)11-20(26)29-31-32(37(49)45-36(31)48)30-21-12-23(42)25(44)14-27(21)47(39)34(30)33(29)46/h1-14,28,35,38H,15-17H2,(H,45,48,49)/t28?,35?,38-,39-/m1/s1. The number of hydrogen-bond donors (Lipinski definition) is 1. The monoisotopic (exact) mass is 709 g/mol. The van der Waals surface area contributed by atoms with Crippen molar-refractivity contribution in [3.05, 3.63) is 130 Å². The van der Waals surface area contributed by atoms with E-state index < -0.39 is 65.9 Å². The average Bonchev–Trinajstić information content (AvgIpc) is 3.81. The van der Waals surface area contributed by atoms with Crippen molar-refractivity contribution in [2.75, 3.05) is 6.67 Å². The first-order valence-electron chi connectivity index (χ1n) is 16.5. The number of ether oxygens (including phenoxy) is 3. The number of nitrogens with zero attached hydrogens (tertiary/aromatic N) is 2. The summed E-state index contributed by atoms with van der Waals surface area (Å²) >= 11 is 0. The fourth-order valence-corrected chi connectivity index (χ4v) is 8.42. The van der Waals surface area contributed by atoms with Crippen LogP contribution in [0.25, 0.3) is 43.6 Å². The first-order valence-corrected chi connectivity index (χ1v) is 16.5. The lowest BCUT2D eigenvalue weighted by Gasteiger charge is -2.39. The number of imide groups is 1. The number of fused-ring (bicyclic) bond motifs is 13. The zero-order chi connectivity index (χ0) is 35.6. The van der Waals surface area contributed by atoms with Crippen LogP contribution in [0, 0.1) is 23.3 Å². The number of nitrogens with one attached hydrogen (secondary N) is 1. The summed E-state index contributed by atoms with van der Waals surface area (Å²) in [5.41, 5.74) is -0.645. The summed E-state index contributed by atoms with van der Waals surface area (Å²) < 4.78 is 99.9. The first-order chi connectivity index (χ1) is 25.2. The molecule has 1 N–H and O–H groups in total. The summed E-state index contributed by atoms with van der Waals surface area (Å²) in [6.07, 6.45) is -4.10. The largest absolute Gasteiger partial charge is 0.364 e. The molecule has 52 heavy (non-hydrogen) atoms. The number of benzene rings is 5. The van der Waals surface area contributed by atoms with Crippen molar-refractivity contribution in [3.8, 4) is 0 Å².